The maximum absolute atomic E-state index is 14.3. The molecule has 2 aromatic heterocycles. The van der Waals surface area contributed by atoms with Crippen LogP contribution in [-0.2, 0) is 20.7 Å². The lowest BCUT2D eigenvalue weighted by Gasteiger charge is -2.36. The number of aromatic nitrogens is 5. The van der Waals surface area contributed by atoms with Gasteiger partial charge in [-0.25, -0.2) is 14.8 Å². The number of ether oxygens (including phenoxy) is 1. The van der Waals surface area contributed by atoms with Crippen LogP contribution in [-0.4, -0.2) is 97.7 Å². The van der Waals surface area contributed by atoms with Crippen LogP contribution in [0, 0.1) is 18.8 Å². The van der Waals surface area contributed by atoms with Gasteiger partial charge >= 0.3 is 6.09 Å². The minimum Gasteiger partial charge on any atom is -0.444 e. The number of tetrazole rings is 1. The summed E-state index contributed by atoms with van der Waals surface area (Å²) in [5.74, 6) is -0.686. The molecule has 0 spiro atoms. The molecule has 15 nitrogen and oxygen atoms in total. The molecule has 2 saturated carbocycles. The van der Waals surface area contributed by atoms with Gasteiger partial charge in [-0.2, -0.15) is 0 Å². The molecule has 0 unspecified atom stereocenters. The fraction of sp³-hybridized carbons (Fsp3) is 0.522. The molecule has 61 heavy (non-hydrogen) atoms. The molecule has 4 amide bonds. The van der Waals surface area contributed by atoms with Gasteiger partial charge in [-0.1, -0.05) is 38.1 Å². The number of carbonyl (C=O) groups is 4. The maximum atomic E-state index is 14.3. The molecule has 15 heteroatoms. The van der Waals surface area contributed by atoms with Crippen LogP contribution in [0.25, 0.3) is 22.5 Å². The van der Waals surface area contributed by atoms with Gasteiger partial charge in [0, 0.05) is 41.9 Å². The molecule has 6 rings (SSSR count). The second-order valence-electron chi connectivity index (χ2n) is 17.5. The third-order valence-electron chi connectivity index (χ3n) is 12.1. The van der Waals surface area contributed by atoms with Crippen molar-refractivity contribution in [1.29, 1.82) is 0 Å². The Bertz CT molecular complexity index is 2080. The number of pyridine rings is 1. The molecule has 0 radical (unpaired) electrons. The zero-order valence-corrected chi connectivity index (χ0v) is 36.4. The van der Waals surface area contributed by atoms with E-state index in [2.05, 4.69) is 55.0 Å². The monoisotopic (exact) mass is 834 g/mol. The first kappa shape index (κ1) is 45.0. The lowest BCUT2D eigenvalue weighted by molar-refractivity contribution is -0.130. The quantitative estimate of drug-likeness (QED) is 0.110. The van der Waals surface area contributed by atoms with Gasteiger partial charge in [-0.3, -0.25) is 19.4 Å². The first-order valence-electron chi connectivity index (χ1n) is 21.8. The largest absolute Gasteiger partial charge is 0.444 e. The number of alkyl carbamates (subject to hydrolysis) is 1. The third kappa shape index (κ3) is 11.9. The Balaban J connectivity index is 1.08. The van der Waals surface area contributed by atoms with E-state index in [4.69, 9.17) is 10.5 Å². The highest BCUT2D eigenvalue weighted by Crippen LogP contribution is 2.33. The van der Waals surface area contributed by atoms with Crippen molar-refractivity contribution in [3.8, 4) is 22.5 Å². The van der Waals surface area contributed by atoms with E-state index in [0.29, 0.717) is 61.0 Å². The van der Waals surface area contributed by atoms with E-state index < -0.39 is 29.6 Å². The molecule has 0 aliphatic heterocycles. The molecular formula is C46H62N10O5. The summed E-state index contributed by atoms with van der Waals surface area (Å²) in [6.45, 7) is 14.4. The number of nitrogens with one attached hydrogen (secondary N) is 3. The number of aryl methyl sites for hydroxylation is 1. The first-order valence-corrected chi connectivity index (χ1v) is 21.8. The lowest BCUT2D eigenvalue weighted by Crippen LogP contribution is -2.50. The highest BCUT2D eigenvalue weighted by Gasteiger charge is 2.36. The van der Waals surface area contributed by atoms with E-state index in [1.165, 1.54) is 4.90 Å². The van der Waals surface area contributed by atoms with Crippen LogP contribution in [0.1, 0.15) is 108 Å². The summed E-state index contributed by atoms with van der Waals surface area (Å²) >= 11 is 0. The minimum absolute atomic E-state index is 0.147. The number of rotatable bonds is 14. The Morgan fingerprint density at radius 1 is 0.902 bits per heavy atom. The van der Waals surface area contributed by atoms with Crippen LogP contribution in [0.5, 0.6) is 0 Å². The fourth-order valence-electron chi connectivity index (χ4n) is 8.65. The van der Waals surface area contributed by atoms with Gasteiger partial charge in [0.05, 0.1) is 11.7 Å². The summed E-state index contributed by atoms with van der Waals surface area (Å²) in [6, 6.07) is 16.3. The molecule has 2 aromatic carbocycles. The average Bonchev–Trinajstić information content (AvgIpc) is 3.80. The van der Waals surface area contributed by atoms with Crippen molar-refractivity contribution in [1.82, 2.24) is 41.1 Å². The Morgan fingerprint density at radius 3 is 2.15 bits per heavy atom. The first-order chi connectivity index (χ1) is 29.2. The fourth-order valence-corrected chi connectivity index (χ4v) is 8.65. The van der Waals surface area contributed by atoms with Crippen LogP contribution in [0.3, 0.4) is 0 Å². The van der Waals surface area contributed by atoms with Crippen LogP contribution in [0.15, 0.2) is 60.8 Å². The molecule has 5 N–H and O–H groups in total. The molecular weight excluding hydrogens is 773 g/mol. The molecule has 0 bridgehead atoms. The summed E-state index contributed by atoms with van der Waals surface area (Å²) in [7, 11) is 0. The van der Waals surface area contributed by atoms with Crippen molar-refractivity contribution >= 4 is 29.5 Å². The normalized spacial score (nSPS) is 19.8. The van der Waals surface area contributed by atoms with E-state index in [-0.39, 0.29) is 30.2 Å². The van der Waals surface area contributed by atoms with Gasteiger partial charge in [0.15, 0.2) is 5.82 Å². The zero-order valence-electron chi connectivity index (χ0n) is 36.4. The van der Waals surface area contributed by atoms with Crippen LogP contribution < -0.4 is 21.3 Å². The van der Waals surface area contributed by atoms with Gasteiger partial charge in [-0.15, -0.1) is 5.10 Å². The van der Waals surface area contributed by atoms with E-state index in [1.54, 1.807) is 30.5 Å². The minimum atomic E-state index is -1.00. The molecule has 2 aliphatic carbocycles. The Hall–Kier alpha value is -5.54. The van der Waals surface area contributed by atoms with Gasteiger partial charge in [0.1, 0.15) is 11.3 Å². The predicted molar refractivity (Wildman–Crippen MR) is 234 cm³/mol. The summed E-state index contributed by atoms with van der Waals surface area (Å²) < 4.78 is 5.38. The number of nitrogens with two attached hydrogens (primary N) is 1. The summed E-state index contributed by atoms with van der Waals surface area (Å²) in [4.78, 5) is 62.2. The van der Waals surface area contributed by atoms with Crippen molar-refractivity contribution in [3.05, 3.63) is 77.6 Å². The van der Waals surface area contributed by atoms with Crippen molar-refractivity contribution in [2.45, 2.75) is 123 Å². The Labute approximate surface area is 359 Å². The molecule has 2 aliphatic rings. The molecule has 0 saturated heterocycles. The predicted octanol–water partition coefficient (Wildman–Crippen LogP) is 6.38. The van der Waals surface area contributed by atoms with Crippen molar-refractivity contribution in [2.24, 2.45) is 17.6 Å². The van der Waals surface area contributed by atoms with Crippen molar-refractivity contribution < 1.29 is 23.9 Å². The van der Waals surface area contributed by atoms with Gasteiger partial charge < -0.3 is 26.0 Å². The highest BCUT2D eigenvalue weighted by atomic mass is 16.6. The summed E-state index contributed by atoms with van der Waals surface area (Å²) in [6.07, 6.45) is 8.16. The van der Waals surface area contributed by atoms with Gasteiger partial charge in [0.2, 0.25) is 5.91 Å². The number of benzene rings is 2. The third-order valence-corrected chi connectivity index (χ3v) is 12.1. The number of imide groups is 1. The summed E-state index contributed by atoms with van der Waals surface area (Å²) in [5.41, 5.74) is 11.1. The average molecular weight is 835 g/mol. The second-order valence-corrected chi connectivity index (χ2v) is 17.5. The topological polar surface area (TPSA) is 201 Å². The molecule has 4 aromatic rings. The zero-order chi connectivity index (χ0) is 43.7. The smallest absolute Gasteiger partial charge is 0.407 e. The van der Waals surface area contributed by atoms with Crippen molar-refractivity contribution in [2.75, 3.05) is 24.5 Å². The number of carbonyl (C=O) groups excluding carboxylic acids is 4. The number of nitrogens with zero attached hydrogens (tertiary/aromatic N) is 6. The number of H-pyrrole nitrogens is 1. The number of anilines is 1. The molecule has 2 fully saturated rings. The number of hydrogen-bond acceptors (Lipinski definition) is 11. The van der Waals surface area contributed by atoms with Crippen LogP contribution in [0.4, 0.5) is 10.5 Å². The van der Waals surface area contributed by atoms with E-state index in [1.807, 2.05) is 58.0 Å². The lowest BCUT2D eigenvalue weighted by atomic mass is 9.81. The summed E-state index contributed by atoms with van der Waals surface area (Å²) in [5, 5.41) is 20.0. The van der Waals surface area contributed by atoms with Gasteiger partial charge in [-0.05, 0) is 162 Å². The second kappa shape index (κ2) is 20.3. The number of aromatic amines is 1. The molecule has 1 atom stereocenters. The number of amides is 4. The maximum Gasteiger partial charge on any atom is 0.407 e. The van der Waals surface area contributed by atoms with Crippen molar-refractivity contribution in [3.63, 3.8) is 0 Å². The number of hydrogen-bond donors (Lipinski definition) is 4. The van der Waals surface area contributed by atoms with E-state index >= 15 is 0 Å². The Kier molecular flexibility index (Phi) is 15.0. The van der Waals surface area contributed by atoms with Gasteiger partial charge in [0.25, 0.3) is 11.8 Å². The highest BCUT2D eigenvalue weighted by molar-refractivity contribution is 6.17. The SMILES string of the molecule is CCN(CC)C1CCC(NC(=O)c2cc(C)c(-c3ccc(C[C@H](N)C(=O)N(c4ccc(-c5nnn[nH]5)cc4)C(=O)[C@H]4CC[C@H](CNC(=O)OC(C)(C)C)CC4)cc3)cn2)CC1. The Morgan fingerprint density at radius 2 is 1.56 bits per heavy atom. The molecule has 326 valence electrons. The van der Waals surface area contributed by atoms with Crippen LogP contribution in [0.2, 0.25) is 0 Å². The standard InChI is InChI=1S/C46H62N10O5/c1-7-55(8-2)36-23-19-35(20-24-36)50-42(57)40-25-29(3)38(28-48-40)32-13-9-30(10-14-32)26-39(47)44(59)56(37-21-17-33(18-22-37)41-51-53-54-52-41)43(58)34-15-11-31(12-16-34)27-49-45(60)61-46(4,5)6/h9-10,13-14,17-18,21-22,25,28,31,34-36,39H,7-8,11-12,15-16,19-20,23-24,26-27,47H2,1-6H3,(H,49,60)(H,50,57)(H,51,52,53,54)/t31-,34-,35?,36?,39-/m0/s1. The van der Waals surface area contributed by atoms with E-state index in [9.17, 15) is 19.2 Å². The molecule has 2 heterocycles. The van der Waals surface area contributed by atoms with Crippen LogP contribution >= 0.6 is 0 Å². The van der Waals surface area contributed by atoms with E-state index in [0.717, 1.165) is 61.0 Å².